The zero-order valence-corrected chi connectivity index (χ0v) is 18.8. The molecule has 5 nitrogen and oxygen atoms in total. The number of rotatable bonds is 5. The average Bonchev–Trinajstić information content (AvgIpc) is 3.47. The summed E-state index contributed by atoms with van der Waals surface area (Å²) in [5, 5.41) is 4.22. The van der Waals surface area contributed by atoms with Crippen molar-refractivity contribution in [3.8, 4) is 0 Å². The summed E-state index contributed by atoms with van der Waals surface area (Å²) >= 11 is 3.50. The van der Waals surface area contributed by atoms with Crippen LogP contribution in [0.1, 0.15) is 23.9 Å². The summed E-state index contributed by atoms with van der Waals surface area (Å²) in [5.74, 6) is 0.401. The van der Waals surface area contributed by atoms with E-state index < -0.39 is 5.97 Å². The second-order valence-electron chi connectivity index (χ2n) is 6.94. The van der Waals surface area contributed by atoms with Crippen LogP contribution in [0.15, 0.2) is 63.6 Å². The van der Waals surface area contributed by atoms with Crippen LogP contribution in [-0.4, -0.2) is 30.3 Å². The highest BCUT2D eigenvalue weighted by atomic mass is 32.1. The first kappa shape index (κ1) is 20.4. The fourth-order valence-electron chi connectivity index (χ4n) is 3.64. The molecule has 3 aromatic rings. The molecule has 3 aromatic heterocycles. The molecule has 0 atom stereocenters. The van der Waals surface area contributed by atoms with E-state index in [1.165, 1.54) is 16.5 Å². The summed E-state index contributed by atoms with van der Waals surface area (Å²) < 4.78 is 15.5. The number of nitrogens with zero attached hydrogens (tertiary/aromatic N) is 2. The summed E-state index contributed by atoms with van der Waals surface area (Å²) in [6.45, 7) is 5.66. The lowest BCUT2D eigenvalue weighted by Crippen LogP contribution is -2.47. The number of aromatic nitrogens is 1. The van der Waals surface area contributed by atoms with Gasteiger partial charge in [-0.3, -0.25) is 4.79 Å². The van der Waals surface area contributed by atoms with Gasteiger partial charge in [0.2, 0.25) is 5.90 Å². The highest BCUT2D eigenvalue weighted by molar-refractivity contribution is 7.30. The molecule has 1 aliphatic rings. The van der Waals surface area contributed by atoms with Gasteiger partial charge in [0.25, 0.3) is 0 Å². The van der Waals surface area contributed by atoms with Crippen LogP contribution in [0.4, 0.5) is 0 Å². The minimum Gasteiger partial charge on any atom is -0.494 e. The van der Waals surface area contributed by atoms with Crippen LogP contribution in [0.25, 0.3) is 6.08 Å². The zero-order chi connectivity index (χ0) is 21.3. The number of aliphatic imine (C=N–C) groups is 1. The van der Waals surface area contributed by atoms with Gasteiger partial charge in [0.15, 0.2) is 0 Å². The molecule has 0 radical (unpaired) electrons. The van der Waals surface area contributed by atoms with E-state index in [4.69, 9.17) is 9.47 Å². The molecule has 0 spiro atoms. The van der Waals surface area contributed by atoms with E-state index >= 15 is 0 Å². The van der Waals surface area contributed by atoms with Crippen molar-refractivity contribution in [2.75, 3.05) is 7.11 Å². The van der Waals surface area contributed by atoms with Gasteiger partial charge < -0.3 is 14.0 Å². The number of hydrogen-bond acceptors (Lipinski definition) is 6. The summed E-state index contributed by atoms with van der Waals surface area (Å²) in [5.41, 5.74) is 3.98. The first-order valence-electron chi connectivity index (χ1n) is 9.48. The minimum atomic E-state index is -0.410. The Morgan fingerprint density at radius 2 is 1.83 bits per heavy atom. The fraction of sp³-hybridized carbons (Fsp3) is 0.182. The fourth-order valence-corrected chi connectivity index (χ4v) is 5.38. The Morgan fingerprint density at radius 3 is 2.37 bits per heavy atom. The molecular formula is C22H21BN2O3S2. The molecule has 0 N–H and O–H groups in total. The molecule has 8 heteroatoms. The number of methoxy groups -OCH3 is 1. The van der Waals surface area contributed by atoms with E-state index in [2.05, 4.69) is 64.4 Å². The van der Waals surface area contributed by atoms with Gasteiger partial charge in [-0.1, -0.05) is 24.3 Å². The Bertz CT molecular complexity index is 1120. The second kappa shape index (κ2) is 8.49. The molecule has 0 fully saturated rings. The molecular weight excluding hydrogens is 415 g/mol. The van der Waals surface area contributed by atoms with Gasteiger partial charge in [-0.2, -0.15) is 22.7 Å². The normalized spacial score (nSPS) is 14.6. The molecule has 0 bridgehead atoms. The number of hydrogen-bond donors (Lipinski definition) is 0. The largest absolute Gasteiger partial charge is 0.494 e. The molecule has 4 heterocycles. The van der Waals surface area contributed by atoms with Crippen molar-refractivity contribution in [1.29, 1.82) is 0 Å². The molecule has 4 rings (SSSR count). The zero-order valence-electron chi connectivity index (χ0n) is 17.2. The third kappa shape index (κ3) is 3.93. The van der Waals surface area contributed by atoms with Gasteiger partial charge in [0.05, 0.1) is 7.11 Å². The van der Waals surface area contributed by atoms with E-state index in [1.807, 2.05) is 6.08 Å². The quantitative estimate of drug-likeness (QED) is 0.453. The van der Waals surface area contributed by atoms with Crippen LogP contribution < -0.4 is 9.55 Å². The topological polar surface area (TPSA) is 52.8 Å². The lowest BCUT2D eigenvalue weighted by Gasteiger charge is -2.18. The summed E-state index contributed by atoms with van der Waals surface area (Å²) in [6.07, 6.45) is 3.64. The number of carbonyl (C=O) groups is 1. The molecule has 0 saturated carbocycles. The van der Waals surface area contributed by atoms with Crippen LogP contribution in [-0.2, 0) is 14.3 Å². The molecule has 0 aromatic carbocycles. The van der Waals surface area contributed by atoms with E-state index in [0.717, 1.165) is 17.0 Å². The molecule has 0 amide bonds. The van der Waals surface area contributed by atoms with Gasteiger partial charge in [-0.15, -0.1) is 0 Å². The minimum absolute atomic E-state index is 0.0823. The molecule has 30 heavy (non-hydrogen) atoms. The van der Waals surface area contributed by atoms with Crippen LogP contribution in [0.2, 0.25) is 0 Å². The Hall–Kier alpha value is -2.84. The molecule has 0 unspecified atom stereocenters. The maximum absolute atomic E-state index is 11.3. The summed E-state index contributed by atoms with van der Waals surface area (Å²) in [7, 11) is 1.59. The molecule has 0 aliphatic carbocycles. The highest BCUT2D eigenvalue weighted by Crippen LogP contribution is 2.26. The van der Waals surface area contributed by atoms with Crippen LogP contribution in [0, 0.1) is 13.8 Å². The van der Waals surface area contributed by atoms with Gasteiger partial charge in [0, 0.05) is 33.9 Å². The maximum atomic E-state index is 11.3. The van der Waals surface area contributed by atoms with Crippen LogP contribution >= 0.6 is 22.7 Å². The number of aryl methyl sites for hydroxylation is 2. The third-order valence-corrected chi connectivity index (χ3v) is 6.68. The molecule has 152 valence electrons. The summed E-state index contributed by atoms with van der Waals surface area (Å²) in [6, 6.07) is 10.7. The first-order valence-corrected chi connectivity index (χ1v) is 11.2. The summed E-state index contributed by atoms with van der Waals surface area (Å²) in [4.78, 5) is 15.8. The predicted molar refractivity (Wildman–Crippen MR) is 125 cm³/mol. The van der Waals surface area contributed by atoms with Crippen molar-refractivity contribution in [3.05, 3.63) is 75.6 Å². The first-order chi connectivity index (χ1) is 14.5. The lowest BCUT2D eigenvalue weighted by molar-refractivity contribution is -0.132. The van der Waals surface area contributed by atoms with Gasteiger partial charge in [0.1, 0.15) is 11.5 Å². The predicted octanol–water partition coefficient (Wildman–Crippen LogP) is 3.73. The van der Waals surface area contributed by atoms with E-state index in [0.29, 0.717) is 11.5 Å². The number of carbonyl (C=O) groups excluding carboxylic acids is 1. The smallest absolute Gasteiger partial charge is 0.348 e. The standard InChI is InChI=1S/C22H21BN2O3S2/c1-14-11-15(2)25(23(20-7-5-9-29-20)21-8-6-10-30-21)18(14)12-17-19(27-4)13-22(24-17)28-16(3)26/h5-13H,1-4H3/b17-12-. The van der Waals surface area contributed by atoms with Crippen molar-refractivity contribution in [1.82, 2.24) is 4.48 Å². The van der Waals surface area contributed by atoms with Gasteiger partial charge in [-0.05, 0) is 42.3 Å². The second-order valence-corrected chi connectivity index (χ2v) is 8.90. The molecule has 0 saturated heterocycles. The van der Waals surface area contributed by atoms with Crippen molar-refractivity contribution >= 4 is 57.0 Å². The number of ether oxygens (including phenoxy) is 2. The van der Waals surface area contributed by atoms with E-state index in [9.17, 15) is 4.79 Å². The van der Waals surface area contributed by atoms with Crippen LogP contribution in [0.3, 0.4) is 0 Å². The third-order valence-electron chi connectivity index (χ3n) is 4.83. The Labute approximate surface area is 184 Å². The highest BCUT2D eigenvalue weighted by Gasteiger charge is 2.29. The Morgan fingerprint density at radius 1 is 1.17 bits per heavy atom. The van der Waals surface area contributed by atoms with Crippen LogP contribution in [0.5, 0.6) is 0 Å². The maximum Gasteiger partial charge on any atom is 0.348 e. The van der Waals surface area contributed by atoms with Crippen molar-refractivity contribution in [3.63, 3.8) is 0 Å². The van der Waals surface area contributed by atoms with E-state index in [-0.39, 0.29) is 12.7 Å². The van der Waals surface area contributed by atoms with E-state index in [1.54, 1.807) is 35.9 Å². The number of esters is 1. The lowest BCUT2D eigenvalue weighted by atomic mass is 9.58. The van der Waals surface area contributed by atoms with Gasteiger partial charge in [-0.25, -0.2) is 4.99 Å². The van der Waals surface area contributed by atoms with Crippen molar-refractivity contribution < 1.29 is 14.3 Å². The monoisotopic (exact) mass is 436 g/mol. The Kier molecular flexibility index (Phi) is 5.79. The van der Waals surface area contributed by atoms with Crippen molar-refractivity contribution in [2.24, 2.45) is 4.99 Å². The average molecular weight is 436 g/mol. The SMILES string of the molecule is COC1=CC(OC(C)=O)=N/C1=C\c1c(C)cc(C)n1B(c1cccs1)c1cccs1. The number of thiophene rings is 2. The molecule has 1 aliphatic heterocycles. The Balaban J connectivity index is 1.85. The van der Waals surface area contributed by atoms with Crippen molar-refractivity contribution in [2.45, 2.75) is 20.8 Å². The van der Waals surface area contributed by atoms with Gasteiger partial charge >= 0.3 is 12.8 Å².